The number of halogens is 2. The van der Waals surface area contributed by atoms with Crippen LogP contribution in [0.4, 0.5) is 5.95 Å². The van der Waals surface area contributed by atoms with E-state index in [9.17, 15) is 0 Å². The molecule has 0 radical (unpaired) electrons. The molecule has 4 rings (SSSR count). The standard InChI is InChI=1S/C18H14Cl2N6O/c1-11-13(17(23-27-11)12-6-3-2-4-7-12)10-21-18-22-24-25-26(18)15-9-5-8-14(19)16(15)20/h2-9H,10H2,1H3,(H,21,22,25). The first-order valence-electron chi connectivity index (χ1n) is 8.12. The number of aryl methyl sites for hydroxylation is 1. The predicted octanol–water partition coefficient (Wildman–Crippen LogP) is 4.54. The minimum absolute atomic E-state index is 0.376. The van der Waals surface area contributed by atoms with Crippen LogP contribution in [-0.4, -0.2) is 25.4 Å². The van der Waals surface area contributed by atoms with Crippen molar-refractivity contribution < 1.29 is 4.52 Å². The molecule has 0 saturated carbocycles. The van der Waals surface area contributed by atoms with Gasteiger partial charge in [0.15, 0.2) is 0 Å². The molecular weight excluding hydrogens is 387 g/mol. The normalized spacial score (nSPS) is 10.9. The number of benzene rings is 2. The maximum atomic E-state index is 6.29. The maximum absolute atomic E-state index is 6.29. The monoisotopic (exact) mass is 400 g/mol. The summed E-state index contributed by atoms with van der Waals surface area (Å²) in [7, 11) is 0. The van der Waals surface area contributed by atoms with Gasteiger partial charge in [0.2, 0.25) is 5.95 Å². The highest BCUT2D eigenvalue weighted by Gasteiger charge is 2.17. The number of nitrogens with one attached hydrogen (secondary N) is 1. The molecule has 2 aromatic heterocycles. The summed E-state index contributed by atoms with van der Waals surface area (Å²) in [5, 5.41) is 20.0. The van der Waals surface area contributed by atoms with Crippen LogP contribution in [0.3, 0.4) is 0 Å². The summed E-state index contributed by atoms with van der Waals surface area (Å²) in [6.45, 7) is 2.30. The second-order valence-corrected chi connectivity index (χ2v) is 6.56. The molecule has 0 atom stereocenters. The van der Waals surface area contributed by atoms with Gasteiger partial charge >= 0.3 is 0 Å². The molecule has 0 aliphatic rings. The highest BCUT2D eigenvalue weighted by Crippen LogP contribution is 2.30. The summed E-state index contributed by atoms with van der Waals surface area (Å²) in [5.74, 6) is 1.15. The molecule has 4 aromatic rings. The van der Waals surface area contributed by atoms with E-state index < -0.39 is 0 Å². The molecule has 0 fully saturated rings. The van der Waals surface area contributed by atoms with Crippen LogP contribution >= 0.6 is 23.2 Å². The van der Waals surface area contributed by atoms with Crippen molar-refractivity contribution in [3.05, 3.63) is 69.9 Å². The lowest BCUT2D eigenvalue weighted by molar-refractivity contribution is 0.398. The zero-order chi connectivity index (χ0) is 18.8. The Labute approximate surface area is 164 Å². The third kappa shape index (κ3) is 3.39. The number of hydrogen-bond acceptors (Lipinski definition) is 6. The summed E-state index contributed by atoms with van der Waals surface area (Å²) < 4.78 is 6.88. The van der Waals surface area contributed by atoms with Gasteiger partial charge in [-0.2, -0.15) is 4.68 Å². The van der Waals surface area contributed by atoms with Gasteiger partial charge in [-0.1, -0.05) is 69.9 Å². The van der Waals surface area contributed by atoms with Crippen LogP contribution in [-0.2, 0) is 6.54 Å². The molecule has 0 aliphatic carbocycles. The van der Waals surface area contributed by atoms with Gasteiger partial charge in [-0.3, -0.25) is 0 Å². The molecular formula is C18H14Cl2N6O. The Kier molecular flexibility index (Phi) is 4.79. The average molecular weight is 401 g/mol. The van der Waals surface area contributed by atoms with E-state index in [2.05, 4.69) is 26.0 Å². The van der Waals surface area contributed by atoms with Gasteiger partial charge in [-0.15, -0.1) is 0 Å². The molecule has 7 nitrogen and oxygen atoms in total. The fourth-order valence-electron chi connectivity index (χ4n) is 2.71. The third-order valence-electron chi connectivity index (χ3n) is 4.08. The van der Waals surface area contributed by atoms with Gasteiger partial charge in [-0.25, -0.2) is 0 Å². The molecule has 136 valence electrons. The van der Waals surface area contributed by atoms with Crippen molar-refractivity contribution in [3.63, 3.8) is 0 Å². The fourth-order valence-corrected chi connectivity index (χ4v) is 3.08. The van der Waals surface area contributed by atoms with Crippen molar-refractivity contribution in [1.29, 1.82) is 0 Å². The zero-order valence-corrected chi connectivity index (χ0v) is 15.7. The topological polar surface area (TPSA) is 81.7 Å². The summed E-state index contributed by atoms with van der Waals surface area (Å²) >= 11 is 12.4. The number of tetrazole rings is 1. The molecule has 0 unspecified atom stereocenters. The average Bonchev–Trinajstić information content (AvgIpc) is 3.29. The Bertz CT molecular complexity index is 1080. The molecule has 2 heterocycles. The molecule has 2 aromatic carbocycles. The smallest absolute Gasteiger partial charge is 0.248 e. The van der Waals surface area contributed by atoms with E-state index in [1.165, 1.54) is 4.68 Å². The van der Waals surface area contributed by atoms with Gasteiger partial charge in [-0.05, 0) is 29.5 Å². The van der Waals surface area contributed by atoms with Crippen LogP contribution in [0.15, 0.2) is 53.1 Å². The lowest BCUT2D eigenvalue weighted by Crippen LogP contribution is -2.08. The highest BCUT2D eigenvalue weighted by atomic mass is 35.5. The third-order valence-corrected chi connectivity index (χ3v) is 4.89. The Morgan fingerprint density at radius 1 is 1.07 bits per heavy atom. The summed E-state index contributed by atoms with van der Waals surface area (Å²) in [6.07, 6.45) is 0. The van der Waals surface area contributed by atoms with Crippen molar-refractivity contribution >= 4 is 29.2 Å². The Balaban J connectivity index is 1.63. The van der Waals surface area contributed by atoms with Crippen molar-refractivity contribution in [3.8, 4) is 16.9 Å². The number of hydrogen-bond donors (Lipinski definition) is 1. The first-order valence-corrected chi connectivity index (χ1v) is 8.88. The summed E-state index contributed by atoms with van der Waals surface area (Å²) in [5.41, 5.74) is 3.26. The van der Waals surface area contributed by atoms with E-state index in [1.807, 2.05) is 37.3 Å². The predicted molar refractivity (Wildman–Crippen MR) is 103 cm³/mol. The van der Waals surface area contributed by atoms with E-state index >= 15 is 0 Å². The van der Waals surface area contributed by atoms with Crippen LogP contribution in [0.5, 0.6) is 0 Å². The molecule has 1 N–H and O–H groups in total. The molecule has 0 bridgehead atoms. The summed E-state index contributed by atoms with van der Waals surface area (Å²) in [4.78, 5) is 0. The highest BCUT2D eigenvalue weighted by molar-refractivity contribution is 6.43. The van der Waals surface area contributed by atoms with Crippen LogP contribution in [0, 0.1) is 6.92 Å². The quantitative estimate of drug-likeness (QED) is 0.529. The first kappa shape index (κ1) is 17.5. The van der Waals surface area contributed by atoms with Gasteiger partial charge in [0.25, 0.3) is 0 Å². The van der Waals surface area contributed by atoms with Crippen molar-refractivity contribution in [2.24, 2.45) is 0 Å². The van der Waals surface area contributed by atoms with Crippen LogP contribution < -0.4 is 5.32 Å². The Morgan fingerprint density at radius 3 is 2.70 bits per heavy atom. The van der Waals surface area contributed by atoms with Gasteiger partial charge in [0.05, 0.1) is 15.7 Å². The molecule has 0 saturated heterocycles. The van der Waals surface area contributed by atoms with E-state index in [1.54, 1.807) is 18.2 Å². The fraction of sp³-hybridized carbons (Fsp3) is 0.111. The summed E-state index contributed by atoms with van der Waals surface area (Å²) in [6, 6.07) is 15.1. The van der Waals surface area contributed by atoms with Crippen molar-refractivity contribution in [2.45, 2.75) is 13.5 Å². The van der Waals surface area contributed by atoms with E-state index in [0.717, 1.165) is 22.6 Å². The minimum atomic E-state index is 0.376. The number of nitrogens with zero attached hydrogens (tertiary/aromatic N) is 5. The maximum Gasteiger partial charge on any atom is 0.248 e. The van der Waals surface area contributed by atoms with E-state index in [0.29, 0.717) is 28.2 Å². The zero-order valence-electron chi connectivity index (χ0n) is 14.2. The number of anilines is 1. The molecule has 0 amide bonds. The second kappa shape index (κ2) is 7.38. The Hall–Kier alpha value is -2.90. The molecule has 9 heteroatoms. The minimum Gasteiger partial charge on any atom is -0.361 e. The van der Waals surface area contributed by atoms with Crippen molar-refractivity contribution in [2.75, 3.05) is 5.32 Å². The van der Waals surface area contributed by atoms with Gasteiger partial charge in [0.1, 0.15) is 11.5 Å². The second-order valence-electron chi connectivity index (χ2n) is 5.77. The molecule has 0 aliphatic heterocycles. The van der Waals surface area contributed by atoms with Crippen LogP contribution in [0.25, 0.3) is 16.9 Å². The van der Waals surface area contributed by atoms with E-state index in [4.69, 9.17) is 27.7 Å². The number of rotatable bonds is 5. The molecule has 27 heavy (non-hydrogen) atoms. The van der Waals surface area contributed by atoms with Crippen molar-refractivity contribution in [1.82, 2.24) is 25.4 Å². The van der Waals surface area contributed by atoms with Gasteiger partial charge < -0.3 is 9.84 Å². The lowest BCUT2D eigenvalue weighted by Gasteiger charge is -2.09. The number of aromatic nitrogens is 5. The van der Waals surface area contributed by atoms with E-state index in [-0.39, 0.29) is 0 Å². The Morgan fingerprint density at radius 2 is 1.89 bits per heavy atom. The van der Waals surface area contributed by atoms with Crippen LogP contribution in [0.1, 0.15) is 11.3 Å². The first-order chi connectivity index (χ1) is 13.1. The SMILES string of the molecule is Cc1onc(-c2ccccc2)c1CNc1nnnn1-c1cccc(Cl)c1Cl. The molecule has 0 spiro atoms. The lowest BCUT2D eigenvalue weighted by atomic mass is 10.1. The largest absolute Gasteiger partial charge is 0.361 e. The van der Waals surface area contributed by atoms with Gasteiger partial charge in [0, 0.05) is 17.7 Å². The van der Waals surface area contributed by atoms with Crippen LogP contribution in [0.2, 0.25) is 10.0 Å².